The number of nitrogen functional groups attached to an aromatic ring is 1. The quantitative estimate of drug-likeness (QED) is 0.444. The molecule has 8 heteroatoms. The molecule has 0 aliphatic heterocycles. The van der Waals surface area contributed by atoms with Crippen molar-refractivity contribution in [1.82, 2.24) is 9.55 Å². The van der Waals surface area contributed by atoms with Gasteiger partial charge in [-0.05, 0) is 18.2 Å². The van der Waals surface area contributed by atoms with E-state index in [1.54, 1.807) is 18.2 Å². The first-order chi connectivity index (χ1) is 10.9. The molecule has 0 saturated heterocycles. The predicted octanol–water partition coefficient (Wildman–Crippen LogP) is 2.88. The third kappa shape index (κ3) is 2.61. The molecule has 2 aromatic carbocycles. The highest BCUT2D eigenvalue weighted by atomic mass is 32.1. The van der Waals surface area contributed by atoms with Gasteiger partial charge in [-0.25, -0.2) is 13.8 Å². The minimum absolute atomic E-state index is 0.0609. The van der Waals surface area contributed by atoms with Crippen LogP contribution in [0, 0.1) is 0 Å². The van der Waals surface area contributed by atoms with Gasteiger partial charge < -0.3 is 5.73 Å². The lowest BCUT2D eigenvalue weighted by Gasteiger charge is -2.13. The standard InChI is InChI=1S/C15H10F3N3OS/c16-15(17,18)21-12-8-4-3-7-11(12)20-14(21)13(23-22)9-5-1-2-6-10(9)19/h1-8H,19H2. The summed E-state index contributed by atoms with van der Waals surface area (Å²) in [5.74, 6) is -0.461. The van der Waals surface area contributed by atoms with Gasteiger partial charge >= 0.3 is 6.30 Å². The zero-order valence-corrected chi connectivity index (χ0v) is 12.4. The molecule has 0 amide bonds. The molecule has 1 heterocycles. The summed E-state index contributed by atoms with van der Waals surface area (Å²) >= 11 is -0.0609. The molecule has 3 aromatic rings. The van der Waals surface area contributed by atoms with Crippen LogP contribution in [0.1, 0.15) is 11.4 Å². The summed E-state index contributed by atoms with van der Waals surface area (Å²) in [5, 5.41) is 0. The molecule has 1 aromatic heterocycles. The summed E-state index contributed by atoms with van der Waals surface area (Å²) in [6.07, 6.45) is -4.71. The largest absolute Gasteiger partial charge is 0.490 e. The van der Waals surface area contributed by atoms with E-state index in [4.69, 9.17) is 5.73 Å². The van der Waals surface area contributed by atoms with E-state index < -0.39 is 12.1 Å². The Morgan fingerprint density at radius 1 is 1.09 bits per heavy atom. The highest BCUT2D eigenvalue weighted by Gasteiger charge is 2.37. The second kappa shape index (κ2) is 5.54. The Hall–Kier alpha value is -2.61. The molecule has 0 radical (unpaired) electrons. The molecule has 3 rings (SSSR count). The number of aromatic nitrogens is 2. The van der Waals surface area contributed by atoms with E-state index in [1.807, 2.05) is 0 Å². The first-order valence-electron chi connectivity index (χ1n) is 6.50. The van der Waals surface area contributed by atoms with Crippen molar-refractivity contribution in [3.63, 3.8) is 0 Å². The van der Waals surface area contributed by atoms with Crippen molar-refractivity contribution >= 4 is 32.8 Å². The second-order valence-corrected chi connectivity index (χ2v) is 5.30. The highest BCUT2D eigenvalue weighted by Crippen LogP contribution is 2.31. The summed E-state index contributed by atoms with van der Waals surface area (Å²) < 4.78 is 52.1. The Morgan fingerprint density at radius 3 is 2.39 bits per heavy atom. The normalized spacial score (nSPS) is 11.6. The predicted molar refractivity (Wildman–Crippen MR) is 83.2 cm³/mol. The van der Waals surface area contributed by atoms with Crippen LogP contribution in [0.3, 0.4) is 0 Å². The lowest BCUT2D eigenvalue weighted by Crippen LogP contribution is -2.23. The van der Waals surface area contributed by atoms with Gasteiger partial charge in [0, 0.05) is 11.3 Å². The van der Waals surface area contributed by atoms with Gasteiger partial charge in [-0.2, -0.15) is 0 Å². The zero-order valence-electron chi connectivity index (χ0n) is 11.5. The number of nitrogens with zero attached hydrogens (tertiary/aromatic N) is 2. The van der Waals surface area contributed by atoms with Gasteiger partial charge in [0.2, 0.25) is 0 Å². The zero-order chi connectivity index (χ0) is 16.6. The monoisotopic (exact) mass is 337 g/mol. The van der Waals surface area contributed by atoms with Crippen LogP contribution in [-0.2, 0) is 17.6 Å². The number of para-hydroxylation sites is 3. The summed E-state index contributed by atoms with van der Waals surface area (Å²) in [7, 11) is 0. The summed E-state index contributed by atoms with van der Waals surface area (Å²) in [6.45, 7) is 0. The van der Waals surface area contributed by atoms with E-state index in [0.717, 1.165) is 0 Å². The molecule has 118 valence electrons. The van der Waals surface area contributed by atoms with Crippen LogP contribution in [0.15, 0.2) is 48.5 Å². The van der Waals surface area contributed by atoms with Crippen molar-refractivity contribution in [2.24, 2.45) is 0 Å². The van der Waals surface area contributed by atoms with Gasteiger partial charge in [0.15, 0.2) is 5.82 Å². The van der Waals surface area contributed by atoms with E-state index in [0.29, 0.717) is 0 Å². The van der Waals surface area contributed by atoms with E-state index in [2.05, 4.69) is 4.98 Å². The highest BCUT2D eigenvalue weighted by molar-refractivity contribution is 7.67. The molecule has 0 saturated carbocycles. The summed E-state index contributed by atoms with van der Waals surface area (Å²) in [6, 6.07) is 12.1. The molecular weight excluding hydrogens is 327 g/mol. The Bertz CT molecular complexity index is 943. The Kier molecular flexibility index (Phi) is 3.69. The van der Waals surface area contributed by atoms with Gasteiger partial charge in [0.1, 0.15) is 16.1 Å². The molecule has 0 spiro atoms. The van der Waals surface area contributed by atoms with Crippen LogP contribution in [0.25, 0.3) is 11.0 Å². The maximum absolute atomic E-state index is 13.5. The van der Waals surface area contributed by atoms with Crippen molar-refractivity contribution in [3.8, 4) is 0 Å². The average Bonchev–Trinajstić information content (AvgIpc) is 2.89. The van der Waals surface area contributed by atoms with Gasteiger partial charge in [-0.1, -0.05) is 30.3 Å². The van der Waals surface area contributed by atoms with Crippen molar-refractivity contribution < 1.29 is 17.4 Å². The van der Waals surface area contributed by atoms with Crippen molar-refractivity contribution in [2.45, 2.75) is 6.30 Å². The number of hydrogen-bond donors (Lipinski definition) is 1. The van der Waals surface area contributed by atoms with Gasteiger partial charge in [-0.3, -0.25) is 0 Å². The van der Waals surface area contributed by atoms with Crippen LogP contribution in [0.2, 0.25) is 0 Å². The minimum atomic E-state index is -4.71. The first kappa shape index (κ1) is 15.3. The van der Waals surface area contributed by atoms with Crippen LogP contribution in [0.5, 0.6) is 0 Å². The van der Waals surface area contributed by atoms with Crippen LogP contribution in [0.4, 0.5) is 18.9 Å². The topological polar surface area (TPSA) is 60.9 Å². The number of halogens is 3. The number of imidazole rings is 1. The third-order valence-corrected chi connectivity index (χ3v) is 3.88. The fourth-order valence-electron chi connectivity index (χ4n) is 2.34. The van der Waals surface area contributed by atoms with E-state index >= 15 is 0 Å². The van der Waals surface area contributed by atoms with E-state index in [9.17, 15) is 17.4 Å². The van der Waals surface area contributed by atoms with Crippen LogP contribution in [-0.4, -0.2) is 18.6 Å². The minimum Gasteiger partial charge on any atom is -0.398 e. The lowest BCUT2D eigenvalue weighted by molar-refractivity contribution is -0.201. The first-order valence-corrected chi connectivity index (χ1v) is 7.24. The number of hydrogen-bond acceptors (Lipinski definition) is 3. The Morgan fingerprint density at radius 2 is 1.74 bits per heavy atom. The van der Waals surface area contributed by atoms with Crippen LogP contribution < -0.4 is 5.73 Å². The molecular formula is C15H10F3N3OS. The SMILES string of the molecule is Nc1ccccc1C(=S=O)c1nc2ccccc2n1C(F)(F)F. The Labute approximate surface area is 132 Å². The summed E-state index contributed by atoms with van der Waals surface area (Å²) in [5.41, 5.74) is 6.28. The van der Waals surface area contributed by atoms with Crippen molar-refractivity contribution in [2.75, 3.05) is 5.73 Å². The van der Waals surface area contributed by atoms with Crippen molar-refractivity contribution in [1.29, 1.82) is 0 Å². The van der Waals surface area contributed by atoms with E-state index in [-0.39, 0.29) is 43.0 Å². The molecule has 0 bridgehead atoms. The maximum atomic E-state index is 13.5. The number of rotatable bonds is 2. The summed E-state index contributed by atoms with van der Waals surface area (Å²) in [4.78, 5) is 3.83. The van der Waals surface area contributed by atoms with E-state index in [1.165, 1.54) is 30.3 Å². The van der Waals surface area contributed by atoms with Gasteiger partial charge in [0.05, 0.1) is 11.0 Å². The molecule has 0 fully saturated rings. The molecule has 0 atom stereocenters. The number of benzene rings is 2. The fourth-order valence-corrected chi connectivity index (χ4v) is 2.83. The molecule has 2 N–H and O–H groups in total. The Balaban J connectivity index is 2.35. The maximum Gasteiger partial charge on any atom is 0.490 e. The number of fused-ring (bicyclic) bond motifs is 1. The molecule has 0 unspecified atom stereocenters. The fraction of sp³-hybridized carbons (Fsp3) is 0.0667. The lowest BCUT2D eigenvalue weighted by atomic mass is 10.1. The molecule has 0 aliphatic rings. The van der Waals surface area contributed by atoms with Gasteiger partial charge in [0.25, 0.3) is 0 Å². The number of alkyl halides is 3. The third-order valence-electron chi connectivity index (χ3n) is 3.31. The van der Waals surface area contributed by atoms with Crippen molar-refractivity contribution in [3.05, 3.63) is 59.9 Å². The van der Waals surface area contributed by atoms with Crippen LogP contribution >= 0.6 is 0 Å². The second-order valence-electron chi connectivity index (χ2n) is 4.73. The molecule has 23 heavy (non-hydrogen) atoms. The number of nitrogens with two attached hydrogens (primary N) is 1. The average molecular weight is 337 g/mol. The number of anilines is 1. The smallest absolute Gasteiger partial charge is 0.398 e. The molecule has 4 nitrogen and oxygen atoms in total. The molecule has 0 aliphatic carbocycles. The van der Waals surface area contributed by atoms with Gasteiger partial charge in [-0.15, -0.1) is 13.2 Å².